The van der Waals surface area contributed by atoms with Gasteiger partial charge in [-0.1, -0.05) is 39.0 Å². The van der Waals surface area contributed by atoms with Gasteiger partial charge in [-0.2, -0.15) is 0 Å². The van der Waals surface area contributed by atoms with Crippen molar-refractivity contribution < 1.29 is 9.31 Å². The number of aromatic nitrogens is 2. The van der Waals surface area contributed by atoms with Crippen LogP contribution in [0.1, 0.15) is 36.9 Å². The molecule has 164 valence electrons. The molecule has 2 aromatic carbocycles. The van der Waals surface area contributed by atoms with E-state index in [1.807, 2.05) is 51.1 Å². The van der Waals surface area contributed by atoms with Crippen LogP contribution < -0.4 is 10.9 Å². The molecule has 0 aliphatic rings. The van der Waals surface area contributed by atoms with Gasteiger partial charge >= 0.3 is 0 Å². The second-order valence-electron chi connectivity index (χ2n) is 8.47. The number of pyridine rings is 1. The number of hydrogen-bond donors (Lipinski definition) is 2. The number of nitrogens with one attached hydrogen (secondary N) is 2. The van der Waals surface area contributed by atoms with Gasteiger partial charge in [0, 0.05) is 33.9 Å². The molecule has 4 aromatic rings. The Bertz CT molecular complexity index is 1390. The predicted molar refractivity (Wildman–Crippen MR) is 125 cm³/mol. The van der Waals surface area contributed by atoms with Gasteiger partial charge in [0.05, 0.1) is 22.4 Å². The number of anilines is 2. The SMILES string of the molecule is CC(C)(C)c1nc(Nc2ccc([N+](=O)[O-])cc2F)sc1Cc1cc2ccccc2[nH]c1=O. The van der Waals surface area contributed by atoms with Gasteiger partial charge in [-0.15, -0.1) is 11.3 Å². The lowest BCUT2D eigenvalue weighted by Crippen LogP contribution is -2.17. The average molecular weight is 453 g/mol. The molecule has 0 aliphatic carbocycles. The molecule has 2 aromatic heterocycles. The molecule has 0 bridgehead atoms. The first-order chi connectivity index (χ1) is 15.1. The molecule has 4 rings (SSSR count). The van der Waals surface area contributed by atoms with Gasteiger partial charge in [-0.25, -0.2) is 9.37 Å². The summed E-state index contributed by atoms with van der Waals surface area (Å²) in [6.45, 7) is 6.06. The molecule has 0 amide bonds. The van der Waals surface area contributed by atoms with Gasteiger partial charge in [-0.3, -0.25) is 14.9 Å². The van der Waals surface area contributed by atoms with Gasteiger partial charge < -0.3 is 10.3 Å². The van der Waals surface area contributed by atoms with Crippen molar-refractivity contribution in [2.45, 2.75) is 32.6 Å². The molecule has 0 saturated carbocycles. The fourth-order valence-corrected chi connectivity index (χ4v) is 4.65. The predicted octanol–water partition coefficient (Wildman–Crippen LogP) is 5.66. The topological polar surface area (TPSA) is 101 Å². The van der Waals surface area contributed by atoms with Crippen molar-refractivity contribution in [1.82, 2.24) is 9.97 Å². The Hall–Kier alpha value is -3.59. The molecular weight excluding hydrogens is 431 g/mol. The van der Waals surface area contributed by atoms with E-state index in [4.69, 9.17) is 0 Å². The lowest BCUT2D eigenvalue weighted by Gasteiger charge is -2.17. The number of nitro benzene ring substituents is 1. The van der Waals surface area contributed by atoms with Crippen molar-refractivity contribution in [3.8, 4) is 0 Å². The number of aromatic amines is 1. The van der Waals surface area contributed by atoms with Crippen molar-refractivity contribution in [3.63, 3.8) is 0 Å². The zero-order valence-electron chi connectivity index (χ0n) is 17.7. The number of hydrogen-bond acceptors (Lipinski definition) is 6. The van der Waals surface area contributed by atoms with E-state index in [1.165, 1.54) is 23.5 Å². The first-order valence-corrected chi connectivity index (χ1v) is 10.8. The second-order valence-corrected chi connectivity index (χ2v) is 9.56. The molecular formula is C23H21FN4O3S. The summed E-state index contributed by atoms with van der Waals surface area (Å²) >= 11 is 1.33. The lowest BCUT2D eigenvalue weighted by molar-refractivity contribution is -0.385. The minimum absolute atomic E-state index is 0.0971. The van der Waals surface area contributed by atoms with Gasteiger partial charge in [0.25, 0.3) is 11.2 Å². The molecule has 0 saturated heterocycles. The number of halogens is 1. The summed E-state index contributed by atoms with van der Waals surface area (Å²) in [7, 11) is 0. The van der Waals surface area contributed by atoms with Crippen LogP contribution in [0.5, 0.6) is 0 Å². The Kier molecular flexibility index (Phi) is 5.52. The molecule has 0 spiro atoms. The zero-order valence-corrected chi connectivity index (χ0v) is 18.5. The number of rotatable bonds is 5. The van der Waals surface area contributed by atoms with Gasteiger partial charge in [0.1, 0.15) is 0 Å². The molecule has 7 nitrogen and oxygen atoms in total. The maximum atomic E-state index is 14.3. The maximum Gasteiger partial charge on any atom is 0.272 e. The third-order valence-corrected chi connectivity index (χ3v) is 5.97. The van der Waals surface area contributed by atoms with Crippen LogP contribution in [0.2, 0.25) is 0 Å². The van der Waals surface area contributed by atoms with E-state index < -0.39 is 10.7 Å². The number of benzene rings is 2. The van der Waals surface area contributed by atoms with Gasteiger partial charge in [-0.05, 0) is 23.6 Å². The number of fused-ring (bicyclic) bond motifs is 1. The molecule has 0 atom stereocenters. The highest BCUT2D eigenvalue weighted by atomic mass is 32.1. The molecule has 0 radical (unpaired) electrons. The molecule has 2 N–H and O–H groups in total. The number of H-pyrrole nitrogens is 1. The lowest BCUT2D eigenvalue weighted by atomic mass is 9.90. The normalized spacial score (nSPS) is 11.6. The zero-order chi connectivity index (χ0) is 23.0. The summed E-state index contributed by atoms with van der Waals surface area (Å²) in [4.78, 5) is 31.3. The van der Waals surface area contributed by atoms with Crippen LogP contribution in [0.4, 0.5) is 20.9 Å². The van der Waals surface area contributed by atoms with Crippen molar-refractivity contribution in [3.05, 3.63) is 91.0 Å². The molecule has 2 heterocycles. The van der Waals surface area contributed by atoms with E-state index in [-0.39, 0.29) is 22.3 Å². The summed E-state index contributed by atoms with van der Waals surface area (Å²) in [6.07, 6.45) is 0.384. The van der Waals surface area contributed by atoms with Crippen molar-refractivity contribution >= 4 is 38.7 Å². The maximum absolute atomic E-state index is 14.3. The highest BCUT2D eigenvalue weighted by molar-refractivity contribution is 7.15. The van der Waals surface area contributed by atoms with Crippen LogP contribution in [0, 0.1) is 15.9 Å². The fourth-order valence-electron chi connectivity index (χ4n) is 3.44. The summed E-state index contributed by atoms with van der Waals surface area (Å²) < 4.78 is 14.3. The number of non-ortho nitro benzene ring substituents is 1. The van der Waals surface area contributed by atoms with Gasteiger partial charge in [0.15, 0.2) is 10.9 Å². The van der Waals surface area contributed by atoms with E-state index in [2.05, 4.69) is 15.3 Å². The highest BCUT2D eigenvalue weighted by Crippen LogP contribution is 2.35. The van der Waals surface area contributed by atoms with Crippen LogP contribution in [-0.4, -0.2) is 14.9 Å². The Morgan fingerprint density at radius 3 is 2.62 bits per heavy atom. The summed E-state index contributed by atoms with van der Waals surface area (Å²) in [5, 5.41) is 15.2. The van der Waals surface area contributed by atoms with Gasteiger partial charge in [0.2, 0.25) is 0 Å². The van der Waals surface area contributed by atoms with E-state index >= 15 is 0 Å². The van der Waals surface area contributed by atoms with Crippen LogP contribution in [0.25, 0.3) is 10.9 Å². The molecule has 32 heavy (non-hydrogen) atoms. The Balaban J connectivity index is 1.70. The standard InChI is InChI=1S/C23H21FN4O3S/c1-23(2,3)20-19(11-14-10-13-6-4-5-7-17(13)25-21(14)29)32-22(27-20)26-18-9-8-15(28(30)31)12-16(18)24/h4-10,12H,11H2,1-3H3,(H,25,29)(H,26,27). The number of nitro groups is 1. The average Bonchev–Trinajstić information content (AvgIpc) is 3.13. The van der Waals surface area contributed by atoms with Crippen LogP contribution >= 0.6 is 11.3 Å². The van der Waals surface area contributed by atoms with Crippen LogP contribution in [0.3, 0.4) is 0 Å². The number of nitrogens with zero attached hydrogens (tertiary/aromatic N) is 2. The van der Waals surface area contributed by atoms with Crippen LogP contribution in [-0.2, 0) is 11.8 Å². The largest absolute Gasteiger partial charge is 0.329 e. The first kappa shape index (κ1) is 21.6. The minimum Gasteiger partial charge on any atom is -0.329 e. The summed E-state index contributed by atoms with van der Waals surface area (Å²) in [6, 6.07) is 12.9. The van der Waals surface area contributed by atoms with Crippen molar-refractivity contribution in [2.24, 2.45) is 0 Å². The Morgan fingerprint density at radius 2 is 1.94 bits per heavy atom. The summed E-state index contributed by atoms with van der Waals surface area (Å²) in [5.74, 6) is -0.737. The quantitative estimate of drug-likeness (QED) is 0.300. The molecule has 0 fully saturated rings. The van der Waals surface area contributed by atoms with Crippen LogP contribution in [0.15, 0.2) is 53.3 Å². The molecule has 0 aliphatic heterocycles. The minimum atomic E-state index is -0.737. The summed E-state index contributed by atoms with van der Waals surface area (Å²) in [5.41, 5.74) is 1.51. The second kappa shape index (κ2) is 8.16. The van der Waals surface area contributed by atoms with Crippen molar-refractivity contribution in [1.29, 1.82) is 0 Å². The third kappa shape index (κ3) is 4.38. The van der Waals surface area contributed by atoms with E-state index in [1.54, 1.807) is 0 Å². The van der Waals surface area contributed by atoms with E-state index in [9.17, 15) is 19.3 Å². The van der Waals surface area contributed by atoms with Crippen molar-refractivity contribution in [2.75, 3.05) is 5.32 Å². The first-order valence-electron chi connectivity index (χ1n) is 9.94. The fraction of sp³-hybridized carbons (Fsp3) is 0.217. The molecule has 0 unspecified atom stereocenters. The number of thiazole rings is 1. The monoisotopic (exact) mass is 452 g/mol. The number of para-hydroxylation sites is 1. The molecule has 9 heteroatoms. The third-order valence-electron chi connectivity index (χ3n) is 4.99. The highest BCUT2D eigenvalue weighted by Gasteiger charge is 2.24. The van der Waals surface area contributed by atoms with E-state index in [0.29, 0.717) is 17.1 Å². The smallest absolute Gasteiger partial charge is 0.272 e. The van der Waals surface area contributed by atoms with E-state index in [0.717, 1.165) is 27.5 Å². The Labute approximate surface area is 187 Å². The Morgan fingerprint density at radius 1 is 1.19 bits per heavy atom.